The first-order valence-electron chi connectivity index (χ1n) is 3.32. The summed E-state index contributed by atoms with van der Waals surface area (Å²) in [5, 5.41) is 0. The maximum Gasteiger partial charge on any atom is 0.139 e. The molecule has 0 aromatic carbocycles. The normalized spacial score (nSPS) is 9.27. The van der Waals surface area contributed by atoms with Crippen LogP contribution in [-0.2, 0) is 0 Å². The van der Waals surface area contributed by atoms with Crippen molar-refractivity contribution < 1.29 is 0 Å². The fraction of sp³-hybridized carbons (Fsp3) is 0.125. The summed E-state index contributed by atoms with van der Waals surface area (Å²) in [5.41, 5.74) is 4.48. The monoisotopic (exact) mass is 149 g/mol. The van der Waals surface area contributed by atoms with E-state index in [1.54, 1.807) is 6.20 Å². The van der Waals surface area contributed by atoms with Crippen molar-refractivity contribution >= 4 is 11.4 Å². The lowest BCUT2D eigenvalue weighted by Gasteiger charge is -2.00. The van der Waals surface area contributed by atoms with Gasteiger partial charge in [0.1, 0.15) is 5.82 Å². The largest absolute Gasteiger partial charge is 0.308 e. The van der Waals surface area contributed by atoms with Gasteiger partial charge < -0.3 is 5.43 Å². The van der Waals surface area contributed by atoms with E-state index in [1.807, 2.05) is 19.1 Å². The number of aromatic nitrogens is 1. The number of nitrogen functional groups attached to an aromatic ring is 1. The Kier molecular flexibility index (Phi) is 2.23. The van der Waals surface area contributed by atoms with Crippen molar-refractivity contribution in [2.75, 3.05) is 5.43 Å². The number of anilines is 1. The molecular formula is C8H11N3. The minimum Gasteiger partial charge on any atom is -0.308 e. The van der Waals surface area contributed by atoms with E-state index in [0.717, 1.165) is 11.1 Å². The SMILES string of the molecule is C=C(C)c1ccc(NN)nc1. The van der Waals surface area contributed by atoms with Gasteiger partial charge in [0.15, 0.2) is 0 Å². The fourth-order valence-electron chi connectivity index (χ4n) is 0.732. The molecule has 0 amide bonds. The zero-order valence-corrected chi connectivity index (χ0v) is 6.46. The minimum atomic E-state index is 0.662. The summed E-state index contributed by atoms with van der Waals surface area (Å²) in [6, 6.07) is 3.73. The molecular weight excluding hydrogens is 138 g/mol. The molecule has 0 radical (unpaired) electrons. The molecule has 3 nitrogen and oxygen atoms in total. The Bertz CT molecular complexity index is 251. The predicted octanol–water partition coefficient (Wildman–Crippen LogP) is 1.40. The third-order valence-corrected chi connectivity index (χ3v) is 1.40. The highest BCUT2D eigenvalue weighted by atomic mass is 15.2. The fourth-order valence-corrected chi connectivity index (χ4v) is 0.732. The molecule has 3 heteroatoms. The first kappa shape index (κ1) is 7.75. The van der Waals surface area contributed by atoms with Crippen molar-refractivity contribution in [3.05, 3.63) is 30.5 Å². The molecule has 11 heavy (non-hydrogen) atoms. The number of nitrogens with zero attached hydrogens (tertiary/aromatic N) is 1. The number of hydrazine groups is 1. The number of allylic oxidation sites excluding steroid dienone is 1. The summed E-state index contributed by atoms with van der Waals surface area (Å²) >= 11 is 0. The van der Waals surface area contributed by atoms with Gasteiger partial charge in [-0.25, -0.2) is 10.8 Å². The first-order valence-corrected chi connectivity index (χ1v) is 3.32. The number of hydrogen-bond acceptors (Lipinski definition) is 3. The van der Waals surface area contributed by atoms with E-state index in [9.17, 15) is 0 Å². The molecule has 3 N–H and O–H groups in total. The number of pyridine rings is 1. The van der Waals surface area contributed by atoms with Crippen molar-refractivity contribution in [1.29, 1.82) is 0 Å². The third kappa shape index (κ3) is 1.78. The maximum absolute atomic E-state index is 5.14. The van der Waals surface area contributed by atoms with Crippen LogP contribution in [0, 0.1) is 0 Å². The second kappa shape index (κ2) is 3.16. The molecule has 1 aromatic heterocycles. The third-order valence-electron chi connectivity index (χ3n) is 1.40. The summed E-state index contributed by atoms with van der Waals surface area (Å²) in [7, 11) is 0. The number of nitrogens with two attached hydrogens (primary N) is 1. The molecule has 1 heterocycles. The van der Waals surface area contributed by atoms with Crippen LogP contribution in [0.3, 0.4) is 0 Å². The summed E-state index contributed by atoms with van der Waals surface area (Å²) < 4.78 is 0. The van der Waals surface area contributed by atoms with Crippen LogP contribution in [0.15, 0.2) is 24.9 Å². The number of hydrogen-bond donors (Lipinski definition) is 2. The van der Waals surface area contributed by atoms with Gasteiger partial charge in [-0.05, 0) is 30.2 Å². The standard InChI is InChI=1S/C8H11N3/c1-6(2)7-3-4-8(11-9)10-5-7/h3-5H,1,9H2,2H3,(H,10,11). The molecule has 1 aromatic rings. The van der Waals surface area contributed by atoms with E-state index < -0.39 is 0 Å². The summed E-state index contributed by atoms with van der Waals surface area (Å²) in [6.45, 7) is 5.73. The van der Waals surface area contributed by atoms with Crippen LogP contribution in [0.25, 0.3) is 5.57 Å². The predicted molar refractivity (Wildman–Crippen MR) is 46.8 cm³/mol. The molecule has 0 saturated carbocycles. The molecule has 0 aliphatic carbocycles. The minimum absolute atomic E-state index is 0.662. The summed E-state index contributed by atoms with van der Waals surface area (Å²) in [6.07, 6.45) is 1.73. The van der Waals surface area contributed by atoms with E-state index in [-0.39, 0.29) is 0 Å². The summed E-state index contributed by atoms with van der Waals surface area (Å²) in [4.78, 5) is 4.02. The Morgan fingerprint density at radius 1 is 1.64 bits per heavy atom. The molecule has 0 bridgehead atoms. The van der Waals surface area contributed by atoms with Crippen molar-refractivity contribution in [2.24, 2.45) is 5.84 Å². The lowest BCUT2D eigenvalue weighted by atomic mass is 10.1. The van der Waals surface area contributed by atoms with Gasteiger partial charge in [0.2, 0.25) is 0 Å². The molecule has 0 unspecified atom stereocenters. The quantitative estimate of drug-likeness (QED) is 0.493. The van der Waals surface area contributed by atoms with Crippen LogP contribution < -0.4 is 11.3 Å². The molecule has 0 spiro atoms. The Labute approximate surface area is 65.9 Å². The van der Waals surface area contributed by atoms with Gasteiger partial charge in [0, 0.05) is 6.20 Å². The lowest BCUT2D eigenvalue weighted by Crippen LogP contribution is -2.07. The molecule has 0 atom stereocenters. The Morgan fingerprint density at radius 2 is 2.36 bits per heavy atom. The molecule has 0 aliphatic rings. The highest BCUT2D eigenvalue weighted by Gasteiger charge is 1.92. The van der Waals surface area contributed by atoms with E-state index in [2.05, 4.69) is 17.0 Å². The zero-order valence-electron chi connectivity index (χ0n) is 6.46. The first-order chi connectivity index (χ1) is 5.24. The van der Waals surface area contributed by atoms with Crippen LogP contribution in [0.4, 0.5) is 5.82 Å². The van der Waals surface area contributed by atoms with Crippen LogP contribution in [0.2, 0.25) is 0 Å². The van der Waals surface area contributed by atoms with Crippen molar-refractivity contribution in [3.8, 4) is 0 Å². The highest BCUT2D eigenvalue weighted by molar-refractivity contribution is 5.61. The summed E-state index contributed by atoms with van der Waals surface area (Å²) in [5.74, 6) is 5.80. The Morgan fingerprint density at radius 3 is 2.73 bits per heavy atom. The molecule has 0 fully saturated rings. The highest BCUT2D eigenvalue weighted by Crippen LogP contribution is 2.10. The zero-order chi connectivity index (χ0) is 8.27. The van der Waals surface area contributed by atoms with E-state index >= 15 is 0 Å². The average molecular weight is 149 g/mol. The van der Waals surface area contributed by atoms with Crippen LogP contribution >= 0.6 is 0 Å². The van der Waals surface area contributed by atoms with E-state index in [1.165, 1.54) is 0 Å². The van der Waals surface area contributed by atoms with Gasteiger partial charge in [-0.2, -0.15) is 0 Å². The van der Waals surface area contributed by atoms with Crippen molar-refractivity contribution in [3.63, 3.8) is 0 Å². The second-order valence-electron chi connectivity index (χ2n) is 2.36. The smallest absolute Gasteiger partial charge is 0.139 e. The van der Waals surface area contributed by atoms with Crippen molar-refractivity contribution in [2.45, 2.75) is 6.92 Å². The van der Waals surface area contributed by atoms with Crippen molar-refractivity contribution in [1.82, 2.24) is 4.98 Å². The van der Waals surface area contributed by atoms with Crippen LogP contribution in [-0.4, -0.2) is 4.98 Å². The maximum atomic E-state index is 5.14. The van der Waals surface area contributed by atoms with Crippen LogP contribution in [0.5, 0.6) is 0 Å². The van der Waals surface area contributed by atoms with Gasteiger partial charge in [0.05, 0.1) is 0 Å². The topological polar surface area (TPSA) is 50.9 Å². The Hall–Kier alpha value is -1.35. The number of rotatable bonds is 2. The molecule has 0 saturated heterocycles. The van der Waals surface area contributed by atoms with E-state index in [0.29, 0.717) is 5.82 Å². The van der Waals surface area contributed by atoms with Gasteiger partial charge >= 0.3 is 0 Å². The molecule has 1 rings (SSSR count). The van der Waals surface area contributed by atoms with E-state index in [4.69, 9.17) is 5.84 Å². The van der Waals surface area contributed by atoms with Gasteiger partial charge in [-0.15, -0.1) is 0 Å². The van der Waals surface area contributed by atoms with Gasteiger partial charge in [-0.3, -0.25) is 0 Å². The molecule has 0 aliphatic heterocycles. The van der Waals surface area contributed by atoms with Gasteiger partial charge in [-0.1, -0.05) is 6.58 Å². The molecule has 58 valence electrons. The Balaban J connectivity index is 2.91. The van der Waals surface area contributed by atoms with Gasteiger partial charge in [0.25, 0.3) is 0 Å². The van der Waals surface area contributed by atoms with Crippen LogP contribution in [0.1, 0.15) is 12.5 Å². The average Bonchev–Trinajstić information content (AvgIpc) is 2.05. The lowest BCUT2D eigenvalue weighted by molar-refractivity contribution is 1.22. The number of nitrogens with one attached hydrogen (secondary N) is 1. The second-order valence-corrected chi connectivity index (χ2v) is 2.36.